The summed E-state index contributed by atoms with van der Waals surface area (Å²) in [6.45, 7) is 3.41. The molecule has 0 atom stereocenters. The van der Waals surface area contributed by atoms with Crippen LogP contribution in [-0.4, -0.2) is 68.5 Å². The molecule has 124 valence electrons. The monoisotopic (exact) mass is 333 g/mol. The van der Waals surface area contributed by atoms with Crippen LogP contribution in [0.5, 0.6) is 0 Å². The summed E-state index contributed by atoms with van der Waals surface area (Å²) < 4.78 is 31.7. The predicted octanol–water partition coefficient (Wildman–Crippen LogP) is -1.63. The minimum Gasteiger partial charge on any atom is -0.289 e. The first kappa shape index (κ1) is 16.6. The van der Waals surface area contributed by atoms with Crippen molar-refractivity contribution in [2.75, 3.05) is 50.6 Å². The van der Waals surface area contributed by atoms with Crippen molar-refractivity contribution in [2.45, 2.75) is 13.3 Å². The normalized spacial score (nSPS) is 17.0. The van der Waals surface area contributed by atoms with Crippen molar-refractivity contribution < 1.29 is 22.5 Å². The van der Waals surface area contributed by atoms with E-state index >= 15 is 0 Å². The van der Waals surface area contributed by atoms with E-state index in [0.717, 1.165) is 0 Å². The van der Waals surface area contributed by atoms with E-state index < -0.39 is 10.2 Å². The van der Waals surface area contributed by atoms with Crippen LogP contribution in [-0.2, 0) is 15.0 Å². The van der Waals surface area contributed by atoms with Gasteiger partial charge in [0.05, 0.1) is 17.9 Å². The number of nitrogens with zero attached hydrogens (tertiary/aromatic N) is 5. The SMILES string of the molecule is CCC(=O)Nc1c[n+](N2CCN(S(=O)(=O)N(C)C)CC2)no1. The van der Waals surface area contributed by atoms with Gasteiger partial charge < -0.3 is 0 Å². The van der Waals surface area contributed by atoms with Gasteiger partial charge in [0.15, 0.2) is 0 Å². The second kappa shape index (κ2) is 6.58. The van der Waals surface area contributed by atoms with Crippen LogP contribution >= 0.6 is 0 Å². The Morgan fingerprint density at radius 1 is 1.41 bits per heavy atom. The summed E-state index contributed by atoms with van der Waals surface area (Å²) in [7, 11) is -0.368. The molecule has 0 unspecified atom stereocenters. The van der Waals surface area contributed by atoms with Gasteiger partial charge in [0, 0.05) is 33.6 Å². The third-order valence-electron chi connectivity index (χ3n) is 3.33. The number of hydrogen-bond donors (Lipinski definition) is 1. The van der Waals surface area contributed by atoms with Crippen molar-refractivity contribution in [3.63, 3.8) is 0 Å². The van der Waals surface area contributed by atoms with Crippen LogP contribution in [0.15, 0.2) is 10.7 Å². The summed E-state index contributed by atoms with van der Waals surface area (Å²) in [6.07, 6.45) is 1.91. The zero-order valence-electron chi connectivity index (χ0n) is 12.9. The maximum Gasteiger partial charge on any atom is 0.305 e. The van der Waals surface area contributed by atoms with Gasteiger partial charge in [-0.3, -0.25) is 14.6 Å². The number of nitrogens with one attached hydrogen (secondary N) is 1. The lowest BCUT2D eigenvalue weighted by Crippen LogP contribution is -2.66. The van der Waals surface area contributed by atoms with E-state index in [4.69, 9.17) is 4.52 Å². The van der Waals surface area contributed by atoms with E-state index in [0.29, 0.717) is 32.6 Å². The molecule has 1 amide bonds. The fraction of sp³-hybridized carbons (Fsp3) is 0.727. The summed E-state index contributed by atoms with van der Waals surface area (Å²) in [5.41, 5.74) is 0. The number of rotatable bonds is 5. The number of hydrogen-bond acceptors (Lipinski definition) is 6. The van der Waals surface area contributed by atoms with Gasteiger partial charge in [0.25, 0.3) is 16.4 Å². The molecule has 10 nitrogen and oxygen atoms in total. The maximum atomic E-state index is 12.0. The lowest BCUT2D eigenvalue weighted by atomic mass is 10.4. The first-order valence-electron chi connectivity index (χ1n) is 6.96. The van der Waals surface area contributed by atoms with Gasteiger partial charge in [-0.05, 0) is 0 Å². The highest BCUT2D eigenvalue weighted by Crippen LogP contribution is 2.08. The van der Waals surface area contributed by atoms with E-state index in [1.54, 1.807) is 13.1 Å². The molecule has 11 heteroatoms. The molecule has 1 N–H and O–H groups in total. The number of aromatic nitrogens is 2. The van der Waals surface area contributed by atoms with E-state index in [1.807, 2.05) is 5.01 Å². The molecular formula is C11H21N6O4S+. The third kappa shape index (κ3) is 3.54. The van der Waals surface area contributed by atoms with Gasteiger partial charge in [0.1, 0.15) is 0 Å². The molecule has 0 bridgehead atoms. The van der Waals surface area contributed by atoms with Crippen LogP contribution in [0.2, 0.25) is 0 Å². The van der Waals surface area contributed by atoms with E-state index in [2.05, 4.69) is 10.6 Å². The van der Waals surface area contributed by atoms with Crippen molar-refractivity contribution >= 4 is 22.0 Å². The molecular weight excluding hydrogens is 312 g/mol. The average molecular weight is 333 g/mol. The Hall–Kier alpha value is -1.72. The van der Waals surface area contributed by atoms with Crippen molar-refractivity contribution in [1.82, 2.24) is 13.9 Å². The van der Waals surface area contributed by atoms with Gasteiger partial charge >= 0.3 is 5.88 Å². The summed E-state index contributed by atoms with van der Waals surface area (Å²) in [4.78, 5) is 12.8. The van der Waals surface area contributed by atoms with Gasteiger partial charge in [0.2, 0.25) is 11.2 Å². The predicted molar refractivity (Wildman–Crippen MR) is 77.7 cm³/mol. The smallest absolute Gasteiger partial charge is 0.289 e. The molecule has 0 aromatic carbocycles. The summed E-state index contributed by atoms with van der Waals surface area (Å²) in [5.74, 6) is 0.0976. The van der Waals surface area contributed by atoms with Crippen molar-refractivity contribution in [2.24, 2.45) is 0 Å². The highest BCUT2D eigenvalue weighted by molar-refractivity contribution is 7.86. The van der Waals surface area contributed by atoms with E-state index in [9.17, 15) is 13.2 Å². The average Bonchev–Trinajstić information content (AvgIpc) is 2.95. The topological polar surface area (TPSA) is 103 Å². The fourth-order valence-electron chi connectivity index (χ4n) is 2.00. The molecule has 0 radical (unpaired) electrons. The molecule has 1 aliphatic rings. The quantitative estimate of drug-likeness (QED) is 0.649. The van der Waals surface area contributed by atoms with E-state index in [-0.39, 0.29) is 11.8 Å². The van der Waals surface area contributed by atoms with Crippen LogP contribution < -0.4 is 15.1 Å². The molecule has 22 heavy (non-hydrogen) atoms. The van der Waals surface area contributed by atoms with Crippen molar-refractivity contribution in [3.05, 3.63) is 6.20 Å². The Balaban J connectivity index is 1.96. The standard InChI is InChI=1S/C11H20N6O4S/c1-4-10(18)12-11-9-17(13-21-11)15-5-7-16(8-6-15)22(19,20)14(2)3/h9H,4-8H2,1-3H3/p+1. The fourth-order valence-corrected chi connectivity index (χ4v) is 3.08. The Kier molecular flexibility index (Phi) is 4.98. The molecule has 1 fully saturated rings. The van der Waals surface area contributed by atoms with Crippen molar-refractivity contribution in [3.8, 4) is 0 Å². The second-order valence-corrected chi connectivity index (χ2v) is 7.17. The number of anilines is 1. The Morgan fingerprint density at radius 2 is 2.05 bits per heavy atom. The maximum absolute atomic E-state index is 12.0. The minimum atomic E-state index is -3.39. The lowest BCUT2D eigenvalue weighted by molar-refractivity contribution is -0.759. The van der Waals surface area contributed by atoms with Crippen LogP contribution in [0.1, 0.15) is 13.3 Å². The zero-order chi connectivity index (χ0) is 16.3. The molecule has 1 aliphatic heterocycles. The van der Waals surface area contributed by atoms with Gasteiger partial charge in [-0.2, -0.15) is 22.0 Å². The number of carbonyl (C=O) groups is 1. The molecule has 1 saturated heterocycles. The van der Waals surface area contributed by atoms with Crippen LogP contribution in [0, 0.1) is 0 Å². The first-order chi connectivity index (χ1) is 10.3. The lowest BCUT2D eigenvalue weighted by Gasteiger charge is -2.30. The Labute approximate surface area is 129 Å². The Morgan fingerprint density at radius 3 is 2.59 bits per heavy atom. The molecule has 2 rings (SSSR count). The van der Waals surface area contributed by atoms with Gasteiger partial charge in [-0.1, -0.05) is 6.92 Å². The second-order valence-electron chi connectivity index (χ2n) is 5.03. The van der Waals surface area contributed by atoms with E-state index in [1.165, 1.54) is 27.5 Å². The van der Waals surface area contributed by atoms with Crippen LogP contribution in [0.25, 0.3) is 0 Å². The molecule has 1 aromatic rings. The Bertz CT molecular complexity index is 620. The largest absolute Gasteiger partial charge is 0.305 e. The summed E-state index contributed by atoms with van der Waals surface area (Å²) in [6, 6.07) is 0. The van der Waals surface area contributed by atoms with Gasteiger partial charge in [-0.25, -0.2) is 0 Å². The highest BCUT2D eigenvalue weighted by atomic mass is 32.2. The van der Waals surface area contributed by atoms with Gasteiger partial charge in [-0.15, -0.1) is 0 Å². The first-order valence-corrected chi connectivity index (χ1v) is 8.35. The number of piperazine rings is 1. The molecule has 0 saturated carbocycles. The molecule has 0 spiro atoms. The minimum absolute atomic E-state index is 0.162. The highest BCUT2D eigenvalue weighted by Gasteiger charge is 2.32. The molecule has 1 aromatic heterocycles. The van der Waals surface area contributed by atoms with Crippen molar-refractivity contribution in [1.29, 1.82) is 0 Å². The summed E-state index contributed by atoms with van der Waals surface area (Å²) in [5, 5.41) is 8.23. The van der Waals surface area contributed by atoms with Crippen LogP contribution in [0.4, 0.5) is 5.88 Å². The molecule has 2 heterocycles. The number of amides is 1. The third-order valence-corrected chi connectivity index (χ3v) is 5.27. The molecule has 0 aliphatic carbocycles. The van der Waals surface area contributed by atoms with Crippen LogP contribution in [0.3, 0.4) is 0 Å². The zero-order valence-corrected chi connectivity index (χ0v) is 13.7. The summed E-state index contributed by atoms with van der Waals surface area (Å²) >= 11 is 0. The number of carbonyl (C=O) groups excluding carboxylic acids is 1.